The topological polar surface area (TPSA) is 95.6 Å². The monoisotopic (exact) mass is 471 g/mol. The average molecular weight is 472 g/mol. The van der Waals surface area contributed by atoms with Gasteiger partial charge < -0.3 is 10.6 Å². The summed E-state index contributed by atoms with van der Waals surface area (Å²) in [5.74, 6) is -0.538. The Morgan fingerprint density at radius 1 is 0.970 bits per heavy atom. The Kier molecular flexibility index (Phi) is 7.92. The molecule has 0 unspecified atom stereocenters. The molecule has 33 heavy (non-hydrogen) atoms. The Hall–Kier alpha value is -2.71. The van der Waals surface area contributed by atoms with Gasteiger partial charge in [0.25, 0.3) is 5.91 Å². The summed E-state index contributed by atoms with van der Waals surface area (Å²) in [6.07, 6.45) is 2.85. The van der Waals surface area contributed by atoms with E-state index < -0.39 is 10.0 Å². The van der Waals surface area contributed by atoms with E-state index in [1.165, 1.54) is 10.4 Å². The summed E-state index contributed by atoms with van der Waals surface area (Å²) in [6, 6.07) is 13.7. The van der Waals surface area contributed by atoms with E-state index in [9.17, 15) is 18.0 Å². The molecular formula is C25H33N3O4S. The van der Waals surface area contributed by atoms with Crippen LogP contribution in [0.2, 0.25) is 0 Å². The molecule has 0 radical (unpaired) electrons. The lowest BCUT2D eigenvalue weighted by Crippen LogP contribution is -2.35. The molecule has 1 heterocycles. The van der Waals surface area contributed by atoms with E-state index in [1.54, 1.807) is 30.3 Å². The van der Waals surface area contributed by atoms with E-state index in [0.29, 0.717) is 24.3 Å². The molecule has 0 aliphatic carbocycles. The molecule has 1 fully saturated rings. The first-order chi connectivity index (χ1) is 15.6. The molecule has 0 atom stereocenters. The zero-order valence-corrected chi connectivity index (χ0v) is 20.4. The fourth-order valence-electron chi connectivity index (χ4n) is 3.73. The Morgan fingerprint density at radius 2 is 1.64 bits per heavy atom. The van der Waals surface area contributed by atoms with Crippen molar-refractivity contribution in [3.8, 4) is 0 Å². The molecule has 8 heteroatoms. The summed E-state index contributed by atoms with van der Waals surface area (Å²) in [4.78, 5) is 24.8. The van der Waals surface area contributed by atoms with Gasteiger partial charge >= 0.3 is 0 Å². The number of nitrogens with one attached hydrogen (secondary N) is 2. The molecule has 2 aromatic rings. The highest BCUT2D eigenvalue weighted by Gasteiger charge is 2.26. The van der Waals surface area contributed by atoms with Crippen molar-refractivity contribution in [3.05, 3.63) is 59.7 Å². The second kappa shape index (κ2) is 10.5. The number of rotatable bonds is 7. The third-order valence-corrected chi connectivity index (χ3v) is 7.62. The highest BCUT2D eigenvalue weighted by atomic mass is 32.2. The van der Waals surface area contributed by atoms with Gasteiger partial charge in [0.1, 0.15) is 0 Å². The van der Waals surface area contributed by atoms with Gasteiger partial charge in [0.05, 0.1) is 4.90 Å². The second-order valence-corrected chi connectivity index (χ2v) is 11.3. The van der Waals surface area contributed by atoms with Gasteiger partial charge in [0.15, 0.2) is 0 Å². The third kappa shape index (κ3) is 6.65. The first-order valence-electron chi connectivity index (χ1n) is 11.4. The van der Waals surface area contributed by atoms with Crippen molar-refractivity contribution in [2.24, 2.45) is 0 Å². The van der Waals surface area contributed by atoms with Crippen LogP contribution < -0.4 is 10.6 Å². The fourth-order valence-corrected chi connectivity index (χ4v) is 5.29. The van der Waals surface area contributed by atoms with Crippen LogP contribution in [0, 0.1) is 0 Å². The number of hydrogen-bond acceptors (Lipinski definition) is 4. The SMILES string of the molecule is CC(C)(C)c1ccc(C(=O)NCCC(=O)Nc2cccc(S(=O)(=O)N3CCCCC3)c2)cc1. The molecule has 1 aliphatic rings. The molecule has 0 bridgehead atoms. The number of sulfonamides is 1. The lowest BCUT2D eigenvalue weighted by molar-refractivity contribution is -0.116. The molecule has 2 amide bonds. The van der Waals surface area contributed by atoms with Crippen molar-refractivity contribution in [1.82, 2.24) is 9.62 Å². The van der Waals surface area contributed by atoms with Crippen molar-refractivity contribution in [2.45, 2.75) is 56.8 Å². The summed E-state index contributed by atoms with van der Waals surface area (Å²) < 4.78 is 27.2. The van der Waals surface area contributed by atoms with E-state index in [1.807, 2.05) is 12.1 Å². The van der Waals surface area contributed by atoms with Crippen LogP contribution in [0.25, 0.3) is 0 Å². The van der Waals surface area contributed by atoms with E-state index in [0.717, 1.165) is 24.8 Å². The van der Waals surface area contributed by atoms with Gasteiger partial charge in [-0.2, -0.15) is 4.31 Å². The molecule has 0 saturated carbocycles. The molecule has 0 aromatic heterocycles. The Bertz CT molecular complexity index is 1080. The Balaban J connectivity index is 1.52. The number of benzene rings is 2. The van der Waals surface area contributed by atoms with Crippen LogP contribution in [0.15, 0.2) is 53.4 Å². The van der Waals surface area contributed by atoms with Crippen molar-refractivity contribution < 1.29 is 18.0 Å². The molecular weight excluding hydrogens is 438 g/mol. The van der Waals surface area contributed by atoms with Gasteiger partial charge in [-0.3, -0.25) is 9.59 Å². The zero-order valence-electron chi connectivity index (χ0n) is 19.6. The van der Waals surface area contributed by atoms with Crippen LogP contribution in [0.3, 0.4) is 0 Å². The maximum absolute atomic E-state index is 12.8. The van der Waals surface area contributed by atoms with Gasteiger partial charge in [-0.1, -0.05) is 45.4 Å². The lowest BCUT2D eigenvalue weighted by atomic mass is 9.87. The minimum atomic E-state index is -3.57. The van der Waals surface area contributed by atoms with Gasteiger partial charge in [0, 0.05) is 37.3 Å². The fraction of sp³-hybridized carbons (Fsp3) is 0.440. The molecule has 1 saturated heterocycles. The first-order valence-corrected chi connectivity index (χ1v) is 12.8. The van der Waals surface area contributed by atoms with Crippen molar-refractivity contribution in [2.75, 3.05) is 25.0 Å². The normalized spacial score (nSPS) is 15.1. The number of amides is 2. The van der Waals surface area contributed by atoms with Crippen LogP contribution in [-0.2, 0) is 20.2 Å². The number of nitrogens with zero attached hydrogens (tertiary/aromatic N) is 1. The van der Waals surface area contributed by atoms with Crippen LogP contribution >= 0.6 is 0 Å². The Morgan fingerprint density at radius 3 is 2.27 bits per heavy atom. The first kappa shape index (κ1) is 24.9. The smallest absolute Gasteiger partial charge is 0.251 e. The number of piperidine rings is 1. The molecule has 2 aromatic carbocycles. The van der Waals surface area contributed by atoms with E-state index in [2.05, 4.69) is 31.4 Å². The molecule has 2 N–H and O–H groups in total. The molecule has 1 aliphatic heterocycles. The maximum Gasteiger partial charge on any atom is 0.251 e. The Labute approximate surface area is 196 Å². The summed E-state index contributed by atoms with van der Waals surface area (Å²) in [6.45, 7) is 7.56. The number of hydrogen-bond donors (Lipinski definition) is 2. The molecule has 3 rings (SSSR count). The van der Waals surface area contributed by atoms with Crippen LogP contribution in [0.1, 0.15) is 62.4 Å². The standard InChI is InChI=1S/C25H33N3O4S/c1-25(2,3)20-12-10-19(11-13-20)24(30)26-15-14-23(29)27-21-8-7-9-22(18-21)33(31,32)28-16-5-4-6-17-28/h7-13,18H,4-6,14-17H2,1-3H3,(H,26,30)(H,27,29). The predicted octanol–water partition coefficient (Wildman–Crippen LogP) is 3.92. The van der Waals surface area contributed by atoms with Crippen LogP contribution in [0.5, 0.6) is 0 Å². The van der Waals surface area contributed by atoms with Gasteiger partial charge in [-0.15, -0.1) is 0 Å². The quantitative estimate of drug-likeness (QED) is 0.640. The average Bonchev–Trinajstić information content (AvgIpc) is 2.79. The molecule has 178 valence electrons. The zero-order chi connectivity index (χ0) is 24.1. The second-order valence-electron chi connectivity index (χ2n) is 9.37. The highest BCUT2D eigenvalue weighted by molar-refractivity contribution is 7.89. The largest absolute Gasteiger partial charge is 0.352 e. The molecule has 7 nitrogen and oxygen atoms in total. The van der Waals surface area contributed by atoms with Gasteiger partial charge in [-0.25, -0.2) is 8.42 Å². The lowest BCUT2D eigenvalue weighted by Gasteiger charge is -2.26. The highest BCUT2D eigenvalue weighted by Crippen LogP contribution is 2.23. The maximum atomic E-state index is 12.8. The summed E-state index contributed by atoms with van der Waals surface area (Å²) in [7, 11) is -3.57. The van der Waals surface area contributed by atoms with Crippen LogP contribution in [-0.4, -0.2) is 44.2 Å². The predicted molar refractivity (Wildman–Crippen MR) is 130 cm³/mol. The summed E-state index contributed by atoms with van der Waals surface area (Å²) >= 11 is 0. The number of anilines is 1. The van der Waals surface area contributed by atoms with Gasteiger partial charge in [0.2, 0.25) is 15.9 Å². The third-order valence-electron chi connectivity index (χ3n) is 5.72. The van der Waals surface area contributed by atoms with E-state index in [-0.39, 0.29) is 35.1 Å². The van der Waals surface area contributed by atoms with Crippen molar-refractivity contribution >= 4 is 27.5 Å². The molecule has 0 spiro atoms. The minimum Gasteiger partial charge on any atom is -0.352 e. The van der Waals surface area contributed by atoms with E-state index in [4.69, 9.17) is 0 Å². The number of carbonyl (C=O) groups excluding carboxylic acids is 2. The summed E-state index contributed by atoms with van der Waals surface area (Å²) in [5.41, 5.74) is 2.11. The number of carbonyl (C=O) groups is 2. The van der Waals surface area contributed by atoms with E-state index >= 15 is 0 Å². The minimum absolute atomic E-state index is 0.0114. The van der Waals surface area contributed by atoms with Crippen molar-refractivity contribution in [3.63, 3.8) is 0 Å². The van der Waals surface area contributed by atoms with Gasteiger partial charge in [-0.05, 0) is 54.2 Å². The van der Waals surface area contributed by atoms with Crippen molar-refractivity contribution in [1.29, 1.82) is 0 Å². The summed E-state index contributed by atoms with van der Waals surface area (Å²) in [5, 5.41) is 5.47. The van der Waals surface area contributed by atoms with Crippen LogP contribution in [0.4, 0.5) is 5.69 Å².